The Morgan fingerprint density at radius 1 is 0.352 bits per heavy atom. The lowest BCUT2D eigenvalue weighted by molar-refractivity contribution is -0.448. The zero-order valence-electron chi connectivity index (χ0n) is 35.5. The molecule has 0 aliphatic rings. The van der Waals surface area contributed by atoms with Gasteiger partial charge in [-0.2, -0.15) is 0 Å². The first-order valence-corrected chi connectivity index (χ1v) is 22.9. The van der Waals surface area contributed by atoms with Crippen LogP contribution in [0.4, 0.5) is 0 Å². The Morgan fingerprint density at radius 2 is 0.556 bits per heavy atom. The first-order chi connectivity index (χ1) is 26.2. The molecule has 54 heavy (non-hydrogen) atoms. The highest BCUT2D eigenvalue weighted by Gasteiger charge is 2.61. The number of hydrogen-bond acceptors (Lipinski definition) is 9. The van der Waals surface area contributed by atoms with E-state index in [-0.39, 0.29) is 19.3 Å². The molecule has 0 heterocycles. The summed E-state index contributed by atoms with van der Waals surface area (Å²) < 4.78 is 15.5. The van der Waals surface area contributed by atoms with Crippen LogP contribution in [0.1, 0.15) is 252 Å². The number of carbonyl (C=O) groups is 3. The second kappa shape index (κ2) is 36.9. The van der Waals surface area contributed by atoms with Gasteiger partial charge in [-0.1, -0.05) is 213 Å². The van der Waals surface area contributed by atoms with E-state index >= 15 is 0 Å². The normalized spacial score (nSPS) is 12.8. The Hall–Kier alpha value is -1.71. The van der Waals surface area contributed by atoms with Crippen LogP contribution in [0.25, 0.3) is 0 Å². The zero-order chi connectivity index (χ0) is 40.0. The number of aliphatic hydroxyl groups excluding tert-OH is 1. The van der Waals surface area contributed by atoms with Crippen molar-refractivity contribution >= 4 is 17.9 Å². The molecule has 0 bridgehead atoms. The lowest BCUT2D eigenvalue weighted by atomic mass is 10.1. The highest BCUT2D eigenvalue weighted by atomic mass is 16.9. The number of unbranched alkanes of at least 4 members (excludes halogenated alkanes) is 30. The van der Waals surface area contributed by atoms with Crippen molar-refractivity contribution in [2.75, 3.05) is 6.61 Å². The SMILES string of the molecule is CCCCCCCCCCCCCC(=O)OC(O)(CO)C(O)(OC(=O)CCCCCCCCCCCCC)OC(=O)CCCCCCCCCCCCC. The average molecular weight is 771 g/mol. The van der Waals surface area contributed by atoms with E-state index in [2.05, 4.69) is 20.8 Å². The van der Waals surface area contributed by atoms with Gasteiger partial charge in [0.2, 0.25) is 0 Å². The summed E-state index contributed by atoms with van der Waals surface area (Å²) >= 11 is 0. The van der Waals surface area contributed by atoms with Crippen molar-refractivity contribution in [1.29, 1.82) is 0 Å². The smallest absolute Gasteiger partial charge is 0.420 e. The van der Waals surface area contributed by atoms with Crippen LogP contribution in [-0.4, -0.2) is 51.6 Å². The van der Waals surface area contributed by atoms with E-state index < -0.39 is 36.3 Å². The van der Waals surface area contributed by atoms with Crippen LogP contribution in [0.15, 0.2) is 0 Å². The summed E-state index contributed by atoms with van der Waals surface area (Å²) in [5.41, 5.74) is 0. The molecule has 0 amide bonds. The second-order valence-electron chi connectivity index (χ2n) is 15.8. The summed E-state index contributed by atoms with van der Waals surface area (Å²) in [5.74, 6) is -9.32. The van der Waals surface area contributed by atoms with Crippen molar-refractivity contribution in [1.82, 2.24) is 0 Å². The second-order valence-corrected chi connectivity index (χ2v) is 15.8. The van der Waals surface area contributed by atoms with Gasteiger partial charge in [0.25, 0.3) is 0 Å². The van der Waals surface area contributed by atoms with E-state index in [1.54, 1.807) is 0 Å². The van der Waals surface area contributed by atoms with Gasteiger partial charge in [-0.05, 0) is 19.3 Å². The third-order valence-electron chi connectivity index (χ3n) is 10.4. The Kier molecular flexibility index (Phi) is 35.7. The molecule has 0 spiro atoms. The minimum atomic E-state index is -3.39. The van der Waals surface area contributed by atoms with Gasteiger partial charge < -0.3 is 29.5 Å². The molecule has 0 saturated carbocycles. The topological polar surface area (TPSA) is 140 Å². The molecule has 0 fully saturated rings. The molecule has 0 aromatic heterocycles. The van der Waals surface area contributed by atoms with Gasteiger partial charge in [0.05, 0.1) is 0 Å². The molecule has 1 unspecified atom stereocenters. The lowest BCUT2D eigenvalue weighted by Crippen LogP contribution is -2.63. The Labute approximate surface area is 331 Å². The molecule has 0 radical (unpaired) electrons. The van der Waals surface area contributed by atoms with E-state index in [1.807, 2.05) is 0 Å². The zero-order valence-corrected chi connectivity index (χ0v) is 35.5. The predicted molar refractivity (Wildman–Crippen MR) is 218 cm³/mol. The summed E-state index contributed by atoms with van der Waals surface area (Å²) in [6.45, 7) is 5.30. The molecular formula is C45H86O9. The van der Waals surface area contributed by atoms with Crippen molar-refractivity contribution in [2.24, 2.45) is 0 Å². The molecule has 9 heteroatoms. The number of ether oxygens (including phenoxy) is 3. The van der Waals surface area contributed by atoms with Crippen molar-refractivity contribution in [3.8, 4) is 0 Å². The Bertz CT molecular complexity index is 839. The van der Waals surface area contributed by atoms with Crippen LogP contribution in [-0.2, 0) is 28.6 Å². The van der Waals surface area contributed by atoms with Gasteiger partial charge >= 0.3 is 29.7 Å². The molecular weight excluding hydrogens is 684 g/mol. The number of hydrogen-bond donors (Lipinski definition) is 3. The molecule has 0 aromatic rings. The molecule has 320 valence electrons. The van der Waals surface area contributed by atoms with Crippen molar-refractivity contribution in [3.05, 3.63) is 0 Å². The predicted octanol–water partition coefficient (Wildman–Crippen LogP) is 12.0. The summed E-state index contributed by atoms with van der Waals surface area (Å²) in [6.07, 6.45) is 35.8. The van der Waals surface area contributed by atoms with Crippen molar-refractivity contribution < 1.29 is 43.9 Å². The fraction of sp³-hybridized carbons (Fsp3) is 0.933. The number of carbonyl (C=O) groups excluding carboxylic acids is 3. The molecule has 0 rings (SSSR count). The van der Waals surface area contributed by atoms with Crippen LogP contribution in [0.5, 0.6) is 0 Å². The molecule has 3 N–H and O–H groups in total. The van der Waals surface area contributed by atoms with E-state index in [4.69, 9.17) is 14.2 Å². The molecule has 0 saturated heterocycles. The van der Waals surface area contributed by atoms with Gasteiger partial charge in [0.1, 0.15) is 6.61 Å². The fourth-order valence-electron chi connectivity index (χ4n) is 6.83. The maximum Gasteiger partial charge on any atom is 0.446 e. The van der Waals surface area contributed by atoms with Crippen LogP contribution < -0.4 is 0 Å². The fourth-order valence-corrected chi connectivity index (χ4v) is 6.83. The minimum absolute atomic E-state index is 0.0746. The third kappa shape index (κ3) is 29.6. The first kappa shape index (κ1) is 52.3. The summed E-state index contributed by atoms with van der Waals surface area (Å²) in [5, 5.41) is 32.7. The standard InChI is InChI=1S/C45H86O9/c1-4-7-10-13-16-19-22-25-28-31-34-37-41(47)52-44(50,40-46)45(51,53-42(48)38-35-32-29-26-23-20-17-14-11-8-5-2)54-43(49)39-36-33-30-27-24-21-18-15-12-9-6-3/h46,50-51H,4-40H2,1-3H3. The Balaban J connectivity index is 4.94. The summed E-state index contributed by atoms with van der Waals surface area (Å²) in [6, 6.07) is 0. The molecule has 1 atom stereocenters. The quantitative estimate of drug-likeness (QED) is 0.0315. The van der Waals surface area contributed by atoms with Gasteiger partial charge in [0.15, 0.2) is 0 Å². The lowest BCUT2D eigenvalue weighted by Gasteiger charge is -2.38. The van der Waals surface area contributed by atoms with Gasteiger partial charge in [-0.25, -0.2) is 0 Å². The maximum atomic E-state index is 12.9. The van der Waals surface area contributed by atoms with Crippen molar-refractivity contribution in [3.63, 3.8) is 0 Å². The molecule has 0 aromatic carbocycles. The number of esters is 3. The van der Waals surface area contributed by atoms with Crippen LogP contribution in [0.2, 0.25) is 0 Å². The monoisotopic (exact) mass is 771 g/mol. The van der Waals surface area contributed by atoms with Gasteiger partial charge in [-0.3, -0.25) is 14.4 Å². The van der Waals surface area contributed by atoms with Crippen LogP contribution in [0.3, 0.4) is 0 Å². The molecule has 9 nitrogen and oxygen atoms in total. The highest BCUT2D eigenvalue weighted by Crippen LogP contribution is 2.30. The minimum Gasteiger partial charge on any atom is -0.420 e. The third-order valence-corrected chi connectivity index (χ3v) is 10.4. The van der Waals surface area contributed by atoms with Crippen molar-refractivity contribution in [2.45, 2.75) is 264 Å². The Morgan fingerprint density at radius 3 is 0.778 bits per heavy atom. The average Bonchev–Trinajstić information content (AvgIpc) is 3.14. The summed E-state index contributed by atoms with van der Waals surface area (Å²) in [7, 11) is 0. The van der Waals surface area contributed by atoms with E-state index in [0.717, 1.165) is 77.0 Å². The van der Waals surface area contributed by atoms with Crippen LogP contribution in [0, 0.1) is 0 Å². The number of rotatable bonds is 41. The first-order valence-electron chi connectivity index (χ1n) is 22.9. The number of aliphatic hydroxyl groups is 3. The van der Waals surface area contributed by atoms with E-state index in [0.29, 0.717) is 19.3 Å². The van der Waals surface area contributed by atoms with Crippen LogP contribution >= 0.6 is 0 Å². The highest BCUT2D eigenvalue weighted by molar-refractivity contribution is 5.73. The van der Waals surface area contributed by atoms with Gasteiger partial charge in [-0.15, -0.1) is 0 Å². The van der Waals surface area contributed by atoms with Gasteiger partial charge in [0, 0.05) is 19.3 Å². The molecule has 0 aliphatic heterocycles. The summed E-state index contributed by atoms with van der Waals surface area (Å²) in [4.78, 5) is 38.6. The largest absolute Gasteiger partial charge is 0.446 e. The molecule has 0 aliphatic carbocycles. The van der Waals surface area contributed by atoms with E-state index in [1.165, 1.54) is 116 Å². The van der Waals surface area contributed by atoms with E-state index in [9.17, 15) is 29.7 Å². The maximum absolute atomic E-state index is 12.9.